The smallest absolute Gasteiger partial charge is 0.203 e. The molecule has 1 heterocycles. The third-order valence-corrected chi connectivity index (χ3v) is 5.74. The first-order valence-corrected chi connectivity index (χ1v) is 9.87. The van der Waals surface area contributed by atoms with E-state index in [4.69, 9.17) is 11.6 Å². The standard InChI is InChI=1S/C14H19ClFN7O3S/c1-3-27(25,17-2)19-7-6-18-13-12(22-26-23-13)14(21-24)20-9-4-5-11(16)10(15)8-9/h4-5,8,24H,3,6-7H2,1-2H3,(H,18,23)(H,20,21)(H,17,19,25). The number of hydrogen-bond donors (Lipinski definition) is 4. The first-order chi connectivity index (χ1) is 12.9. The summed E-state index contributed by atoms with van der Waals surface area (Å²) in [6.45, 7) is 2.44. The summed E-state index contributed by atoms with van der Waals surface area (Å²) in [5, 5.41) is 25.3. The fourth-order valence-electron chi connectivity index (χ4n) is 1.99. The van der Waals surface area contributed by atoms with Gasteiger partial charge in [0.05, 0.1) is 5.02 Å². The highest BCUT2D eigenvalue weighted by Crippen LogP contribution is 2.20. The average Bonchev–Trinajstić information content (AvgIpc) is 3.14. The number of benzene rings is 1. The van der Waals surface area contributed by atoms with Gasteiger partial charge in [-0.2, -0.15) is 0 Å². The lowest BCUT2D eigenvalue weighted by Crippen LogP contribution is -2.30. The monoisotopic (exact) mass is 419 g/mol. The van der Waals surface area contributed by atoms with Gasteiger partial charge in [-0.05, 0) is 28.5 Å². The molecule has 148 valence electrons. The van der Waals surface area contributed by atoms with Gasteiger partial charge in [0.15, 0.2) is 5.69 Å². The Labute approximate surface area is 160 Å². The molecule has 0 saturated carbocycles. The Balaban J connectivity index is 2.03. The van der Waals surface area contributed by atoms with Crippen molar-refractivity contribution in [3.8, 4) is 0 Å². The second kappa shape index (κ2) is 9.48. The quantitative estimate of drug-likeness (QED) is 0.169. The molecule has 0 radical (unpaired) electrons. The summed E-state index contributed by atoms with van der Waals surface area (Å²) in [6.07, 6.45) is 0. The molecule has 0 amide bonds. The van der Waals surface area contributed by atoms with Gasteiger partial charge in [0, 0.05) is 31.6 Å². The van der Waals surface area contributed by atoms with E-state index in [-0.39, 0.29) is 22.4 Å². The Hall–Kier alpha value is -2.44. The number of nitrogens with zero attached hydrogens (tertiary/aromatic N) is 4. The van der Waals surface area contributed by atoms with Crippen LogP contribution in [0.15, 0.2) is 32.3 Å². The van der Waals surface area contributed by atoms with E-state index in [1.807, 2.05) is 0 Å². The zero-order chi connectivity index (χ0) is 19.9. The molecule has 10 nitrogen and oxygen atoms in total. The highest BCUT2D eigenvalue weighted by atomic mass is 35.5. The fourth-order valence-corrected chi connectivity index (χ4v) is 3.18. The molecule has 0 aliphatic heterocycles. The van der Waals surface area contributed by atoms with Gasteiger partial charge in [-0.15, -0.1) is 0 Å². The maximum absolute atomic E-state index is 13.2. The third-order valence-electron chi connectivity index (χ3n) is 3.43. The summed E-state index contributed by atoms with van der Waals surface area (Å²) in [5.74, 6) is -0.0895. The maximum atomic E-state index is 13.2. The first kappa shape index (κ1) is 20.9. The lowest BCUT2D eigenvalue weighted by molar-refractivity contribution is 0.305. The molecule has 2 rings (SSSR count). The average molecular weight is 420 g/mol. The van der Waals surface area contributed by atoms with Crippen molar-refractivity contribution < 1.29 is 18.4 Å². The number of anilines is 2. The Morgan fingerprint density at radius 3 is 2.81 bits per heavy atom. The summed E-state index contributed by atoms with van der Waals surface area (Å²) in [4.78, 5) is 0. The van der Waals surface area contributed by atoms with Gasteiger partial charge in [0.2, 0.25) is 11.7 Å². The zero-order valence-electron chi connectivity index (χ0n) is 14.6. The molecule has 1 atom stereocenters. The zero-order valence-corrected chi connectivity index (χ0v) is 16.1. The molecule has 0 saturated heterocycles. The molecule has 1 aromatic carbocycles. The number of hydrogen-bond acceptors (Lipinski definition) is 8. The van der Waals surface area contributed by atoms with Gasteiger partial charge >= 0.3 is 0 Å². The van der Waals surface area contributed by atoms with Gasteiger partial charge in [-0.3, -0.25) is 0 Å². The van der Waals surface area contributed by atoms with E-state index in [9.17, 15) is 13.8 Å². The van der Waals surface area contributed by atoms with Gasteiger partial charge in [-0.1, -0.05) is 23.7 Å². The highest BCUT2D eigenvalue weighted by molar-refractivity contribution is 7.91. The van der Waals surface area contributed by atoms with Crippen LogP contribution in [0.25, 0.3) is 0 Å². The second-order valence-electron chi connectivity index (χ2n) is 5.10. The van der Waals surface area contributed by atoms with Gasteiger partial charge in [0.25, 0.3) is 0 Å². The third kappa shape index (κ3) is 5.52. The lowest BCUT2D eigenvalue weighted by atomic mass is 10.3. The van der Waals surface area contributed by atoms with Crippen LogP contribution in [0.5, 0.6) is 0 Å². The van der Waals surface area contributed by atoms with E-state index in [0.717, 1.165) is 6.07 Å². The Bertz CT molecular complexity index is 927. The molecule has 0 fully saturated rings. The predicted molar refractivity (Wildman–Crippen MR) is 101 cm³/mol. The summed E-state index contributed by atoms with van der Waals surface area (Å²) in [7, 11) is -0.940. The Kier molecular flexibility index (Phi) is 7.33. The number of amidine groups is 1. The van der Waals surface area contributed by atoms with Crippen molar-refractivity contribution in [2.75, 3.05) is 36.5 Å². The summed E-state index contributed by atoms with van der Waals surface area (Å²) in [5.41, 5.74) is 0.464. The Morgan fingerprint density at radius 2 is 2.19 bits per heavy atom. The summed E-state index contributed by atoms with van der Waals surface area (Å²) >= 11 is 5.73. The Morgan fingerprint density at radius 1 is 1.41 bits per heavy atom. The molecule has 27 heavy (non-hydrogen) atoms. The first-order valence-electron chi connectivity index (χ1n) is 7.81. The van der Waals surface area contributed by atoms with E-state index in [1.165, 1.54) is 19.2 Å². The van der Waals surface area contributed by atoms with Crippen molar-refractivity contribution >= 4 is 38.9 Å². The van der Waals surface area contributed by atoms with E-state index in [2.05, 4.69) is 39.8 Å². The van der Waals surface area contributed by atoms with E-state index in [1.54, 1.807) is 6.92 Å². The fraction of sp³-hybridized carbons (Fsp3) is 0.357. The minimum Gasteiger partial charge on any atom is -0.409 e. The molecule has 2 aromatic rings. The van der Waals surface area contributed by atoms with E-state index in [0.29, 0.717) is 24.5 Å². The molecule has 4 N–H and O–H groups in total. The van der Waals surface area contributed by atoms with Crippen LogP contribution >= 0.6 is 11.6 Å². The normalized spacial score (nSPS) is 13.9. The van der Waals surface area contributed by atoms with Crippen molar-refractivity contribution in [3.05, 3.63) is 34.7 Å². The molecule has 13 heteroatoms. The number of halogens is 2. The van der Waals surface area contributed by atoms with E-state index >= 15 is 0 Å². The molecule has 0 bridgehead atoms. The number of aromatic nitrogens is 2. The molecular formula is C14H19ClFN7O3S. The number of oxime groups is 1. The second-order valence-corrected chi connectivity index (χ2v) is 8.02. The minimum atomic E-state index is -2.43. The van der Waals surface area contributed by atoms with Crippen molar-refractivity contribution in [3.63, 3.8) is 0 Å². The van der Waals surface area contributed by atoms with Crippen LogP contribution in [0.1, 0.15) is 12.6 Å². The van der Waals surface area contributed by atoms with Crippen molar-refractivity contribution in [2.24, 2.45) is 9.52 Å². The van der Waals surface area contributed by atoms with Crippen LogP contribution in [0.4, 0.5) is 15.9 Å². The van der Waals surface area contributed by atoms with Crippen molar-refractivity contribution in [1.29, 1.82) is 0 Å². The SMILES string of the molecule is CCS(=O)(=NC)NCCNc1nonc1/C(=N/O)Nc1ccc(F)c(Cl)c1. The minimum absolute atomic E-state index is 0.0877. The number of rotatable bonds is 8. The van der Waals surface area contributed by atoms with Crippen molar-refractivity contribution in [1.82, 2.24) is 15.0 Å². The predicted octanol–water partition coefficient (Wildman–Crippen LogP) is 2.14. The molecule has 1 unspecified atom stereocenters. The lowest BCUT2D eigenvalue weighted by Gasteiger charge is -2.10. The van der Waals surface area contributed by atoms with Crippen LogP contribution in [0.3, 0.4) is 0 Å². The van der Waals surface area contributed by atoms with Crippen LogP contribution in [0.2, 0.25) is 5.02 Å². The van der Waals surface area contributed by atoms with Gasteiger partial charge in [0.1, 0.15) is 15.7 Å². The summed E-state index contributed by atoms with van der Waals surface area (Å²) in [6, 6.07) is 3.89. The van der Waals surface area contributed by atoms with Crippen LogP contribution in [-0.2, 0) is 9.92 Å². The summed E-state index contributed by atoms with van der Waals surface area (Å²) < 4.78 is 36.7. The van der Waals surface area contributed by atoms with Gasteiger partial charge in [-0.25, -0.2) is 22.3 Å². The largest absolute Gasteiger partial charge is 0.409 e. The van der Waals surface area contributed by atoms with Crippen LogP contribution in [0, 0.1) is 5.82 Å². The molecular weight excluding hydrogens is 401 g/mol. The highest BCUT2D eigenvalue weighted by Gasteiger charge is 2.18. The van der Waals surface area contributed by atoms with E-state index < -0.39 is 15.7 Å². The maximum Gasteiger partial charge on any atom is 0.203 e. The molecule has 0 aliphatic rings. The van der Waals surface area contributed by atoms with Crippen LogP contribution < -0.4 is 15.4 Å². The molecule has 1 aromatic heterocycles. The number of nitrogens with one attached hydrogen (secondary N) is 3. The topological polar surface area (TPSA) is 137 Å². The van der Waals surface area contributed by atoms with Gasteiger partial charge < -0.3 is 15.8 Å². The molecule has 0 aliphatic carbocycles. The van der Waals surface area contributed by atoms with Crippen molar-refractivity contribution in [2.45, 2.75) is 6.92 Å². The van der Waals surface area contributed by atoms with Crippen LogP contribution in [-0.4, -0.2) is 51.5 Å². The molecule has 0 spiro atoms.